The van der Waals surface area contributed by atoms with E-state index >= 15 is 0 Å². The molecule has 0 spiro atoms. The zero-order valence-electron chi connectivity index (χ0n) is 13.9. The molecule has 0 aromatic heterocycles. The Morgan fingerprint density at radius 3 is 2.48 bits per heavy atom. The van der Waals surface area contributed by atoms with E-state index in [-0.39, 0.29) is 30.3 Å². The van der Waals surface area contributed by atoms with Crippen LogP contribution in [0, 0.1) is 23.0 Å². The lowest BCUT2D eigenvalue weighted by molar-refractivity contribution is 0.225. The van der Waals surface area contributed by atoms with Gasteiger partial charge in [0, 0.05) is 0 Å². The standard InChI is InChI=1S/C18H13F2N5O2/c19-12-5-1-3-7-14(12)22-17(26)23-16-11-24(10-9-21)18(27)25(16)15-8-4-2-6-13(15)20/h1-8H,10-11H2,(H,22,26)/b23-16+. The van der Waals surface area contributed by atoms with Crippen LogP contribution in [-0.4, -0.2) is 35.9 Å². The number of nitriles is 1. The number of carbonyl (C=O) groups excluding carboxylic acids is 2. The molecular weight excluding hydrogens is 356 g/mol. The molecule has 1 aliphatic heterocycles. The van der Waals surface area contributed by atoms with Gasteiger partial charge < -0.3 is 10.2 Å². The molecule has 7 nitrogen and oxygen atoms in total. The summed E-state index contributed by atoms with van der Waals surface area (Å²) in [4.78, 5) is 30.5. The van der Waals surface area contributed by atoms with Crippen molar-refractivity contribution in [3.05, 3.63) is 60.2 Å². The Balaban J connectivity index is 1.93. The number of aliphatic imine (C=N–C) groups is 1. The minimum absolute atomic E-state index is 0.0748. The fraction of sp³-hybridized carbons (Fsp3) is 0.111. The summed E-state index contributed by atoms with van der Waals surface area (Å²) in [5.74, 6) is -1.41. The van der Waals surface area contributed by atoms with Crippen molar-refractivity contribution in [2.75, 3.05) is 23.3 Å². The van der Waals surface area contributed by atoms with Crippen molar-refractivity contribution in [1.82, 2.24) is 4.90 Å². The molecule has 1 heterocycles. The second-order valence-electron chi connectivity index (χ2n) is 5.52. The topological polar surface area (TPSA) is 88.8 Å². The first kappa shape index (κ1) is 18.0. The number of rotatable bonds is 3. The molecule has 1 saturated heterocycles. The molecule has 0 bridgehead atoms. The van der Waals surface area contributed by atoms with Crippen LogP contribution >= 0.6 is 0 Å². The van der Waals surface area contributed by atoms with Gasteiger partial charge >= 0.3 is 12.1 Å². The van der Waals surface area contributed by atoms with E-state index in [0.717, 1.165) is 15.9 Å². The van der Waals surface area contributed by atoms with Crippen LogP contribution in [0.5, 0.6) is 0 Å². The predicted molar refractivity (Wildman–Crippen MR) is 94.3 cm³/mol. The Kier molecular flexibility index (Phi) is 5.08. The Hall–Kier alpha value is -3.80. The molecule has 2 aromatic carbocycles. The van der Waals surface area contributed by atoms with Gasteiger partial charge in [-0.2, -0.15) is 10.3 Å². The lowest BCUT2D eigenvalue weighted by Gasteiger charge is -2.17. The summed E-state index contributed by atoms with van der Waals surface area (Å²) in [6.45, 7) is -0.414. The maximum atomic E-state index is 14.2. The average Bonchev–Trinajstić information content (AvgIpc) is 2.93. The van der Waals surface area contributed by atoms with Gasteiger partial charge in [0.05, 0.1) is 24.0 Å². The molecule has 136 valence electrons. The van der Waals surface area contributed by atoms with Gasteiger partial charge in [0.2, 0.25) is 0 Å². The van der Waals surface area contributed by atoms with Gasteiger partial charge in [0.25, 0.3) is 0 Å². The third-order valence-corrected chi connectivity index (χ3v) is 3.75. The van der Waals surface area contributed by atoms with Gasteiger partial charge in [-0.1, -0.05) is 24.3 Å². The number of urea groups is 2. The highest BCUT2D eigenvalue weighted by Crippen LogP contribution is 2.25. The second-order valence-corrected chi connectivity index (χ2v) is 5.52. The van der Waals surface area contributed by atoms with E-state index in [1.165, 1.54) is 42.5 Å². The van der Waals surface area contributed by atoms with Crippen LogP contribution in [-0.2, 0) is 0 Å². The summed E-state index contributed by atoms with van der Waals surface area (Å²) in [6.07, 6.45) is 0. The Morgan fingerprint density at radius 1 is 1.15 bits per heavy atom. The van der Waals surface area contributed by atoms with Crippen molar-refractivity contribution in [1.29, 1.82) is 5.26 Å². The van der Waals surface area contributed by atoms with Crippen LogP contribution in [0.2, 0.25) is 0 Å². The SMILES string of the molecule is N#CCN1C/C(=N\C(=O)Nc2ccccc2F)N(c2ccccc2F)C1=O. The van der Waals surface area contributed by atoms with Crippen molar-refractivity contribution in [2.45, 2.75) is 0 Å². The Morgan fingerprint density at radius 2 is 1.81 bits per heavy atom. The van der Waals surface area contributed by atoms with Gasteiger partial charge in [0.1, 0.15) is 24.0 Å². The fourth-order valence-corrected chi connectivity index (χ4v) is 2.55. The smallest absolute Gasteiger partial charge is 0.303 e. The van der Waals surface area contributed by atoms with Gasteiger partial charge in [0.15, 0.2) is 0 Å². The highest BCUT2D eigenvalue weighted by molar-refractivity contribution is 6.24. The summed E-state index contributed by atoms with van der Waals surface area (Å²) >= 11 is 0. The Labute approximate surface area is 153 Å². The molecular formula is C18H13F2N5O2. The average molecular weight is 369 g/mol. The summed E-state index contributed by atoms with van der Waals surface area (Å²) in [6, 6.07) is 11.2. The zero-order chi connectivity index (χ0) is 19.4. The number of para-hydroxylation sites is 2. The minimum Gasteiger partial charge on any atom is -0.303 e. The number of halogens is 2. The first-order valence-electron chi connectivity index (χ1n) is 7.85. The van der Waals surface area contributed by atoms with Gasteiger partial charge in [-0.3, -0.25) is 0 Å². The van der Waals surface area contributed by atoms with E-state index in [0.29, 0.717) is 0 Å². The third-order valence-electron chi connectivity index (χ3n) is 3.75. The minimum atomic E-state index is -0.928. The molecule has 9 heteroatoms. The number of hydrogen-bond acceptors (Lipinski definition) is 3. The van der Waals surface area contributed by atoms with Crippen molar-refractivity contribution in [3.8, 4) is 6.07 Å². The summed E-state index contributed by atoms with van der Waals surface area (Å²) in [5.41, 5.74) is -0.178. The van der Waals surface area contributed by atoms with Gasteiger partial charge in [-0.25, -0.2) is 23.3 Å². The normalized spacial score (nSPS) is 15.1. The number of amidine groups is 1. The molecule has 0 radical (unpaired) electrons. The maximum Gasteiger partial charge on any atom is 0.347 e. The molecule has 1 fully saturated rings. The predicted octanol–water partition coefficient (Wildman–Crippen LogP) is 3.36. The number of amides is 4. The molecule has 1 aliphatic rings. The lowest BCUT2D eigenvalue weighted by atomic mass is 10.3. The van der Waals surface area contributed by atoms with Crippen LogP contribution < -0.4 is 10.2 Å². The molecule has 3 rings (SSSR count). The van der Waals surface area contributed by atoms with Crippen molar-refractivity contribution in [2.24, 2.45) is 4.99 Å². The van der Waals surface area contributed by atoms with E-state index < -0.39 is 23.7 Å². The third kappa shape index (κ3) is 3.74. The van der Waals surface area contributed by atoms with Crippen LogP contribution in [0.1, 0.15) is 0 Å². The quantitative estimate of drug-likeness (QED) is 0.842. The second kappa shape index (κ2) is 7.61. The van der Waals surface area contributed by atoms with E-state index in [9.17, 15) is 18.4 Å². The summed E-state index contributed by atoms with van der Waals surface area (Å²) in [7, 11) is 0. The van der Waals surface area contributed by atoms with E-state index in [2.05, 4.69) is 10.3 Å². The van der Waals surface area contributed by atoms with Crippen molar-refractivity contribution < 1.29 is 18.4 Å². The number of anilines is 2. The largest absolute Gasteiger partial charge is 0.347 e. The van der Waals surface area contributed by atoms with Crippen LogP contribution in [0.15, 0.2) is 53.5 Å². The molecule has 2 aromatic rings. The monoisotopic (exact) mass is 369 g/mol. The number of hydrogen-bond donors (Lipinski definition) is 1. The molecule has 0 unspecified atom stereocenters. The summed E-state index contributed by atoms with van der Waals surface area (Å²) < 4.78 is 27.8. The first-order chi connectivity index (χ1) is 13.0. The number of nitrogens with one attached hydrogen (secondary N) is 1. The van der Waals surface area contributed by atoms with Crippen molar-refractivity contribution >= 4 is 29.3 Å². The Bertz CT molecular complexity index is 970. The summed E-state index contributed by atoms with van der Waals surface area (Å²) in [5, 5.41) is 11.1. The highest BCUT2D eigenvalue weighted by Gasteiger charge is 2.37. The van der Waals surface area contributed by atoms with E-state index in [4.69, 9.17) is 5.26 Å². The molecule has 0 aliphatic carbocycles. The zero-order valence-corrected chi connectivity index (χ0v) is 13.9. The number of carbonyl (C=O) groups is 2. The van der Waals surface area contributed by atoms with Gasteiger partial charge in [-0.05, 0) is 24.3 Å². The highest BCUT2D eigenvalue weighted by atomic mass is 19.1. The van der Waals surface area contributed by atoms with Gasteiger partial charge in [-0.15, -0.1) is 0 Å². The maximum absolute atomic E-state index is 14.2. The first-order valence-corrected chi connectivity index (χ1v) is 7.85. The van der Waals surface area contributed by atoms with Crippen LogP contribution in [0.3, 0.4) is 0 Å². The van der Waals surface area contributed by atoms with E-state index in [1.807, 2.05) is 6.07 Å². The van der Waals surface area contributed by atoms with Crippen LogP contribution in [0.4, 0.5) is 29.7 Å². The van der Waals surface area contributed by atoms with E-state index in [1.54, 1.807) is 0 Å². The lowest BCUT2D eigenvalue weighted by Crippen LogP contribution is -2.34. The molecule has 0 atom stereocenters. The fourth-order valence-electron chi connectivity index (χ4n) is 2.55. The number of benzene rings is 2. The number of nitrogens with zero attached hydrogens (tertiary/aromatic N) is 4. The van der Waals surface area contributed by atoms with Crippen LogP contribution in [0.25, 0.3) is 0 Å². The molecule has 0 saturated carbocycles. The molecule has 1 N–H and O–H groups in total. The molecule has 27 heavy (non-hydrogen) atoms. The van der Waals surface area contributed by atoms with Crippen molar-refractivity contribution in [3.63, 3.8) is 0 Å². The molecule has 4 amide bonds.